The van der Waals surface area contributed by atoms with Gasteiger partial charge in [-0.2, -0.15) is 0 Å². The van der Waals surface area contributed by atoms with Gasteiger partial charge in [-0.15, -0.1) is 0 Å². The molecule has 5 nitrogen and oxygen atoms in total. The zero-order chi connectivity index (χ0) is 15.8. The number of hydrogen-bond donors (Lipinski definition) is 0. The van der Waals surface area contributed by atoms with Crippen molar-refractivity contribution in [2.24, 2.45) is 0 Å². The van der Waals surface area contributed by atoms with Crippen LogP contribution in [0.1, 0.15) is 12.0 Å². The standard InChI is InChI=1S/C17H26N2O3/c1-15-6-3-4-7-16(15)22-13-12-18-8-5-9-19(11-10-18)14-17(20)21-2/h3-4,6-7H,5,8-14H2,1-2H3. The average molecular weight is 306 g/mol. The van der Waals surface area contributed by atoms with E-state index in [0.717, 1.165) is 44.9 Å². The molecule has 0 radical (unpaired) electrons. The van der Waals surface area contributed by atoms with E-state index in [1.165, 1.54) is 12.7 Å². The maximum atomic E-state index is 11.3. The van der Waals surface area contributed by atoms with Crippen LogP contribution in [0.5, 0.6) is 5.75 Å². The Kier molecular flexibility index (Phi) is 6.68. The zero-order valence-corrected chi connectivity index (χ0v) is 13.6. The van der Waals surface area contributed by atoms with E-state index in [1.54, 1.807) is 0 Å². The van der Waals surface area contributed by atoms with Crippen molar-refractivity contribution >= 4 is 5.97 Å². The SMILES string of the molecule is COC(=O)CN1CCCN(CCOc2ccccc2C)CC1. The van der Waals surface area contributed by atoms with Crippen LogP contribution in [0.25, 0.3) is 0 Å². The van der Waals surface area contributed by atoms with E-state index in [2.05, 4.69) is 22.8 Å². The molecule has 0 saturated carbocycles. The summed E-state index contributed by atoms with van der Waals surface area (Å²) >= 11 is 0. The fourth-order valence-electron chi connectivity index (χ4n) is 2.66. The summed E-state index contributed by atoms with van der Waals surface area (Å²) in [4.78, 5) is 15.9. The molecule has 5 heteroatoms. The van der Waals surface area contributed by atoms with Crippen LogP contribution in [-0.2, 0) is 9.53 Å². The lowest BCUT2D eigenvalue weighted by Gasteiger charge is -2.21. The first-order chi connectivity index (χ1) is 10.7. The predicted octanol–water partition coefficient (Wildman–Crippen LogP) is 1.55. The second-order valence-electron chi connectivity index (χ2n) is 5.66. The normalized spacial score (nSPS) is 17.0. The van der Waals surface area contributed by atoms with Crippen molar-refractivity contribution in [2.45, 2.75) is 13.3 Å². The highest BCUT2D eigenvalue weighted by atomic mass is 16.5. The van der Waals surface area contributed by atoms with Crippen LogP contribution in [0, 0.1) is 6.92 Å². The molecule has 0 aromatic heterocycles. The fourth-order valence-corrected chi connectivity index (χ4v) is 2.66. The van der Waals surface area contributed by atoms with Crippen molar-refractivity contribution in [3.05, 3.63) is 29.8 Å². The van der Waals surface area contributed by atoms with Gasteiger partial charge in [0.15, 0.2) is 0 Å². The van der Waals surface area contributed by atoms with Gasteiger partial charge in [-0.25, -0.2) is 0 Å². The van der Waals surface area contributed by atoms with Crippen molar-refractivity contribution in [2.75, 3.05) is 53.0 Å². The third-order valence-electron chi connectivity index (χ3n) is 4.02. The van der Waals surface area contributed by atoms with Crippen molar-refractivity contribution in [1.82, 2.24) is 9.80 Å². The number of carbonyl (C=O) groups excluding carboxylic acids is 1. The summed E-state index contributed by atoms with van der Waals surface area (Å²) in [5.41, 5.74) is 1.17. The molecule has 1 aliphatic rings. The van der Waals surface area contributed by atoms with Gasteiger partial charge in [-0.1, -0.05) is 18.2 Å². The Hall–Kier alpha value is -1.59. The highest BCUT2D eigenvalue weighted by Crippen LogP contribution is 2.16. The van der Waals surface area contributed by atoms with E-state index in [0.29, 0.717) is 13.2 Å². The molecule has 0 aliphatic carbocycles. The predicted molar refractivity (Wildman–Crippen MR) is 86.2 cm³/mol. The first-order valence-electron chi connectivity index (χ1n) is 7.89. The van der Waals surface area contributed by atoms with Crippen molar-refractivity contribution < 1.29 is 14.3 Å². The first kappa shape index (κ1) is 16.8. The van der Waals surface area contributed by atoms with Gasteiger partial charge in [0, 0.05) is 26.2 Å². The molecule has 0 N–H and O–H groups in total. The summed E-state index contributed by atoms with van der Waals surface area (Å²) in [7, 11) is 1.44. The lowest BCUT2D eigenvalue weighted by Crippen LogP contribution is -2.35. The number of methoxy groups -OCH3 is 1. The van der Waals surface area contributed by atoms with Crippen LogP contribution in [0.2, 0.25) is 0 Å². The minimum atomic E-state index is -0.156. The maximum absolute atomic E-state index is 11.3. The Labute approximate surface area is 132 Å². The van der Waals surface area contributed by atoms with Crippen molar-refractivity contribution in [3.63, 3.8) is 0 Å². The highest BCUT2D eigenvalue weighted by molar-refractivity contribution is 5.71. The number of esters is 1. The zero-order valence-electron chi connectivity index (χ0n) is 13.6. The highest BCUT2D eigenvalue weighted by Gasteiger charge is 2.17. The van der Waals surface area contributed by atoms with E-state index in [-0.39, 0.29) is 5.97 Å². The summed E-state index contributed by atoms with van der Waals surface area (Å²) in [6.45, 7) is 7.94. The van der Waals surface area contributed by atoms with Crippen LogP contribution in [0.3, 0.4) is 0 Å². The van der Waals surface area contributed by atoms with Crippen LogP contribution in [-0.4, -0.2) is 68.8 Å². The number of carbonyl (C=O) groups is 1. The van der Waals surface area contributed by atoms with Crippen molar-refractivity contribution in [3.8, 4) is 5.75 Å². The number of rotatable bonds is 6. The van der Waals surface area contributed by atoms with Gasteiger partial charge in [-0.05, 0) is 31.5 Å². The van der Waals surface area contributed by atoms with Gasteiger partial charge in [-0.3, -0.25) is 14.6 Å². The number of hydrogen-bond acceptors (Lipinski definition) is 5. The lowest BCUT2D eigenvalue weighted by molar-refractivity contribution is -0.141. The summed E-state index contributed by atoms with van der Waals surface area (Å²) in [6, 6.07) is 8.09. The van der Waals surface area contributed by atoms with Crippen molar-refractivity contribution in [1.29, 1.82) is 0 Å². The molecule has 0 spiro atoms. The van der Waals surface area contributed by atoms with Crippen LogP contribution in [0.15, 0.2) is 24.3 Å². The summed E-state index contributed by atoms with van der Waals surface area (Å²) in [6.07, 6.45) is 1.07. The van der Waals surface area contributed by atoms with E-state index >= 15 is 0 Å². The van der Waals surface area contributed by atoms with Gasteiger partial charge in [0.1, 0.15) is 12.4 Å². The smallest absolute Gasteiger partial charge is 0.319 e. The molecular formula is C17H26N2O3. The number of para-hydroxylation sites is 1. The monoisotopic (exact) mass is 306 g/mol. The largest absolute Gasteiger partial charge is 0.492 e. The second-order valence-corrected chi connectivity index (χ2v) is 5.66. The Bertz CT molecular complexity index is 479. The Morgan fingerprint density at radius 3 is 2.64 bits per heavy atom. The third kappa shape index (κ3) is 5.31. The quantitative estimate of drug-likeness (QED) is 0.746. The Morgan fingerprint density at radius 1 is 1.14 bits per heavy atom. The molecule has 1 aromatic rings. The maximum Gasteiger partial charge on any atom is 0.319 e. The minimum Gasteiger partial charge on any atom is -0.492 e. The molecule has 2 rings (SSSR count). The van der Waals surface area contributed by atoms with Crippen LogP contribution >= 0.6 is 0 Å². The molecular weight excluding hydrogens is 280 g/mol. The average Bonchev–Trinajstić information content (AvgIpc) is 2.74. The van der Waals surface area contributed by atoms with Gasteiger partial charge in [0.25, 0.3) is 0 Å². The van der Waals surface area contributed by atoms with Crippen LogP contribution in [0.4, 0.5) is 0 Å². The molecule has 0 bridgehead atoms. The number of aryl methyl sites for hydroxylation is 1. The molecule has 0 atom stereocenters. The number of nitrogens with zero attached hydrogens (tertiary/aromatic N) is 2. The molecule has 1 fully saturated rings. The molecule has 1 aliphatic heterocycles. The van der Waals surface area contributed by atoms with Gasteiger partial charge in [0.2, 0.25) is 0 Å². The third-order valence-corrected chi connectivity index (χ3v) is 4.02. The van der Waals surface area contributed by atoms with Gasteiger partial charge < -0.3 is 9.47 Å². The Morgan fingerprint density at radius 2 is 1.86 bits per heavy atom. The summed E-state index contributed by atoms with van der Waals surface area (Å²) in [5, 5.41) is 0. The molecule has 0 unspecified atom stereocenters. The fraction of sp³-hybridized carbons (Fsp3) is 0.588. The summed E-state index contributed by atoms with van der Waals surface area (Å²) in [5.74, 6) is 0.806. The van der Waals surface area contributed by atoms with Gasteiger partial charge in [0.05, 0.1) is 13.7 Å². The minimum absolute atomic E-state index is 0.156. The van der Waals surface area contributed by atoms with Crippen LogP contribution < -0.4 is 4.74 Å². The molecule has 22 heavy (non-hydrogen) atoms. The lowest BCUT2D eigenvalue weighted by atomic mass is 10.2. The van der Waals surface area contributed by atoms with E-state index in [4.69, 9.17) is 9.47 Å². The molecule has 1 saturated heterocycles. The number of ether oxygens (including phenoxy) is 2. The first-order valence-corrected chi connectivity index (χ1v) is 7.89. The van der Waals surface area contributed by atoms with E-state index < -0.39 is 0 Å². The molecule has 1 heterocycles. The molecule has 122 valence electrons. The number of benzene rings is 1. The summed E-state index contributed by atoms with van der Waals surface area (Å²) < 4.78 is 10.6. The molecule has 0 amide bonds. The Balaban J connectivity index is 1.71. The van der Waals surface area contributed by atoms with Gasteiger partial charge >= 0.3 is 5.97 Å². The van der Waals surface area contributed by atoms with E-state index in [9.17, 15) is 4.79 Å². The second kappa shape index (κ2) is 8.76. The topological polar surface area (TPSA) is 42.0 Å². The van der Waals surface area contributed by atoms with E-state index in [1.807, 2.05) is 18.2 Å². The molecule has 1 aromatic carbocycles.